The van der Waals surface area contributed by atoms with Gasteiger partial charge in [0, 0.05) is 10.2 Å². The largest absolute Gasteiger partial charge is 0.271 e. The van der Waals surface area contributed by atoms with Crippen molar-refractivity contribution in [3.05, 3.63) is 70.5 Å². The average Bonchev–Trinajstić information content (AvgIpc) is 2.97. The van der Waals surface area contributed by atoms with Crippen LogP contribution in [0, 0.1) is 20.8 Å². The summed E-state index contributed by atoms with van der Waals surface area (Å²) in [5, 5.41) is 6.83. The van der Waals surface area contributed by atoms with Gasteiger partial charge >= 0.3 is 0 Å². The number of hydrogen-bond acceptors (Lipinski definition) is 2. The Morgan fingerprint density at radius 2 is 1.63 bits per heavy atom. The Morgan fingerprint density at radius 3 is 2.17 bits per heavy atom. The van der Waals surface area contributed by atoms with Crippen LogP contribution in [0.2, 0.25) is 5.02 Å². The number of nitrogens with zero attached hydrogens (tertiary/aromatic N) is 4. The normalized spacial score (nSPS) is 14.1. The van der Waals surface area contributed by atoms with E-state index < -0.39 is 7.21 Å². The Hall–Kier alpha value is -1.87. The van der Waals surface area contributed by atoms with Crippen molar-refractivity contribution < 1.29 is 0 Å². The Morgan fingerprint density at radius 1 is 1.00 bits per heavy atom. The van der Waals surface area contributed by atoms with E-state index in [4.69, 9.17) is 21.4 Å². The van der Waals surface area contributed by atoms with Gasteiger partial charge in [0.15, 0.2) is 0 Å². The lowest BCUT2D eigenvalue weighted by Crippen LogP contribution is -2.34. The molecule has 0 unspecified atom stereocenters. The minimum absolute atomic E-state index is 0.103. The third kappa shape index (κ3) is 3.89. The summed E-state index contributed by atoms with van der Waals surface area (Å²) in [6.07, 6.45) is 0. The van der Waals surface area contributed by atoms with Crippen LogP contribution in [0.3, 0.4) is 0 Å². The highest BCUT2D eigenvalue weighted by Gasteiger charge is 2.42. The maximum atomic E-state index is 6.45. The van der Waals surface area contributed by atoms with Crippen molar-refractivity contribution >= 4 is 29.8 Å². The van der Waals surface area contributed by atoms with Crippen molar-refractivity contribution in [2.45, 2.75) is 46.7 Å². The number of benzene rings is 2. The van der Waals surface area contributed by atoms with Gasteiger partial charge in [-0.3, -0.25) is 4.67 Å². The van der Waals surface area contributed by atoms with E-state index in [1.54, 1.807) is 0 Å². The van der Waals surface area contributed by atoms with E-state index >= 15 is 0 Å². The van der Waals surface area contributed by atoms with Crippen molar-refractivity contribution in [3.63, 3.8) is 0 Å². The first kappa shape index (κ1) is 22.8. The minimum Gasteiger partial charge on any atom is -0.271 e. The molecule has 0 aliphatic carbocycles. The lowest BCUT2D eigenvalue weighted by molar-refractivity contribution is 0.625. The van der Waals surface area contributed by atoms with Gasteiger partial charge in [-0.15, -0.1) is 0 Å². The monoisotopic (exact) mass is 442 g/mol. The molecule has 1 heterocycles. The van der Waals surface area contributed by atoms with Crippen LogP contribution in [0.15, 0.2) is 53.3 Å². The molecule has 160 valence electrons. The molecule has 0 bridgehead atoms. The fourth-order valence-corrected chi connectivity index (χ4v) is 8.67. The summed E-state index contributed by atoms with van der Waals surface area (Å²) in [7, 11) is 2.05. The van der Waals surface area contributed by atoms with E-state index in [1.165, 1.54) is 5.30 Å². The Balaban J connectivity index is 2.39. The summed E-state index contributed by atoms with van der Waals surface area (Å²) in [6, 6.07) is 16.4. The summed E-state index contributed by atoms with van der Waals surface area (Å²) in [5.41, 5.74) is 5.19. The van der Waals surface area contributed by atoms with Gasteiger partial charge < -0.3 is 0 Å². The third-order valence-electron chi connectivity index (χ3n) is 5.50. The molecule has 6 heteroatoms. The molecule has 0 aliphatic rings. The second kappa shape index (κ2) is 8.34. The SMILES string of the molecule is Cc1ccc(N=[P@@](c2c(C)nn(-c3ccccc3)c2C)(N(C)C)C(C)(C)C)cc1Cl. The molecule has 0 aliphatic heterocycles. The average molecular weight is 443 g/mol. The van der Waals surface area contributed by atoms with Gasteiger partial charge in [-0.2, -0.15) is 5.10 Å². The van der Waals surface area contributed by atoms with Gasteiger partial charge in [0.05, 0.1) is 35.3 Å². The Kier molecular flexibility index (Phi) is 6.34. The molecule has 3 aromatic rings. The van der Waals surface area contributed by atoms with E-state index in [2.05, 4.69) is 71.6 Å². The highest BCUT2D eigenvalue weighted by molar-refractivity contribution is 7.73. The summed E-state index contributed by atoms with van der Waals surface area (Å²) in [4.78, 5) is 0. The van der Waals surface area contributed by atoms with Crippen LogP contribution in [0.1, 0.15) is 37.7 Å². The van der Waals surface area contributed by atoms with E-state index in [1.807, 2.05) is 41.9 Å². The van der Waals surface area contributed by atoms with Crippen molar-refractivity contribution in [1.82, 2.24) is 14.5 Å². The lowest BCUT2D eigenvalue weighted by Gasteiger charge is -2.42. The molecule has 0 saturated carbocycles. The first-order valence-electron chi connectivity index (χ1n) is 10.2. The number of aryl methyl sites for hydroxylation is 2. The van der Waals surface area contributed by atoms with Gasteiger partial charge in [0.25, 0.3) is 0 Å². The van der Waals surface area contributed by atoms with Crippen LogP contribution in [0.4, 0.5) is 5.69 Å². The number of rotatable bonds is 4. The topological polar surface area (TPSA) is 33.4 Å². The zero-order chi connectivity index (χ0) is 22.3. The predicted molar refractivity (Wildman–Crippen MR) is 131 cm³/mol. The van der Waals surface area contributed by atoms with E-state index in [0.29, 0.717) is 0 Å². The second-order valence-electron chi connectivity index (χ2n) is 8.92. The summed E-state index contributed by atoms with van der Waals surface area (Å²) in [5.74, 6) is 0. The fraction of sp³-hybridized carbons (Fsp3) is 0.375. The standard InChI is InChI=1S/C24H32ClN4P/c1-17-14-15-20(16-22(17)25)27-30(28(7)8,24(4,5)6)23-18(2)26-29(19(23)3)21-12-10-9-11-13-21/h9-16H,1-8H3/t30-/m0/s1. The smallest absolute Gasteiger partial charge is 0.0751 e. The molecule has 3 rings (SSSR count). The molecule has 1 aromatic heterocycles. The van der Waals surface area contributed by atoms with Crippen LogP contribution < -0.4 is 5.30 Å². The quantitative estimate of drug-likeness (QED) is 0.412. The van der Waals surface area contributed by atoms with Gasteiger partial charge in [-0.05, 0) is 64.7 Å². The van der Waals surface area contributed by atoms with Crippen molar-refractivity contribution in [2.24, 2.45) is 4.74 Å². The molecule has 30 heavy (non-hydrogen) atoms. The molecule has 0 fully saturated rings. The van der Waals surface area contributed by atoms with Gasteiger partial charge in [0.2, 0.25) is 0 Å². The van der Waals surface area contributed by atoms with E-state index in [0.717, 1.165) is 33.3 Å². The van der Waals surface area contributed by atoms with Gasteiger partial charge in [0.1, 0.15) is 0 Å². The first-order valence-corrected chi connectivity index (χ1v) is 12.2. The molecular weight excluding hydrogens is 411 g/mol. The molecule has 0 N–H and O–H groups in total. The van der Waals surface area contributed by atoms with Crippen LogP contribution in [0.5, 0.6) is 0 Å². The maximum absolute atomic E-state index is 6.45. The van der Waals surface area contributed by atoms with E-state index in [9.17, 15) is 0 Å². The van der Waals surface area contributed by atoms with Gasteiger partial charge in [-0.1, -0.05) is 56.6 Å². The molecule has 1 atom stereocenters. The molecule has 0 amide bonds. The van der Waals surface area contributed by atoms with Crippen molar-refractivity contribution in [1.29, 1.82) is 0 Å². The second-order valence-corrected chi connectivity index (χ2v) is 13.3. The number of aromatic nitrogens is 2. The molecule has 0 radical (unpaired) electrons. The molecule has 4 nitrogen and oxygen atoms in total. The Labute approximate surface area is 186 Å². The number of halogens is 1. The van der Waals surface area contributed by atoms with Crippen LogP contribution >= 0.6 is 18.8 Å². The first-order chi connectivity index (χ1) is 14.0. The number of para-hydroxylation sites is 1. The van der Waals surface area contributed by atoms with E-state index in [-0.39, 0.29) is 5.16 Å². The Bertz CT molecular complexity index is 1110. The highest BCUT2D eigenvalue weighted by atomic mass is 35.5. The molecule has 0 spiro atoms. The third-order valence-corrected chi connectivity index (χ3v) is 10.7. The van der Waals surface area contributed by atoms with Crippen LogP contribution in [-0.2, 0) is 0 Å². The van der Waals surface area contributed by atoms with Gasteiger partial charge in [-0.25, -0.2) is 9.43 Å². The van der Waals surface area contributed by atoms with Crippen LogP contribution in [-0.4, -0.2) is 33.7 Å². The van der Waals surface area contributed by atoms with Crippen molar-refractivity contribution in [3.8, 4) is 5.69 Å². The predicted octanol–water partition coefficient (Wildman–Crippen LogP) is 6.88. The highest BCUT2D eigenvalue weighted by Crippen LogP contribution is 2.63. The zero-order valence-corrected chi connectivity index (χ0v) is 20.9. The summed E-state index contributed by atoms with van der Waals surface area (Å²) < 4.78 is 9.82. The minimum atomic E-state index is -2.22. The molecule has 2 aromatic carbocycles. The maximum Gasteiger partial charge on any atom is 0.0751 e. The summed E-state index contributed by atoms with van der Waals surface area (Å²) >= 11 is 6.45. The van der Waals surface area contributed by atoms with Crippen molar-refractivity contribution in [2.75, 3.05) is 14.1 Å². The molecule has 0 saturated heterocycles. The zero-order valence-electron chi connectivity index (χ0n) is 19.2. The summed E-state index contributed by atoms with van der Waals surface area (Å²) in [6.45, 7) is 13.1. The number of hydrogen-bond donors (Lipinski definition) is 0. The lowest BCUT2D eigenvalue weighted by atomic mass is 10.2. The molecular formula is C24H32ClN4P. The van der Waals surface area contributed by atoms with Crippen LogP contribution in [0.25, 0.3) is 5.69 Å². The fourth-order valence-electron chi connectivity index (χ4n) is 4.14.